The second kappa shape index (κ2) is 15.8. The van der Waals surface area contributed by atoms with E-state index in [0.717, 1.165) is 64.4 Å². The van der Waals surface area contributed by atoms with Crippen LogP contribution < -0.4 is 10.6 Å². The largest absolute Gasteiger partial charge is 0.383 e. The summed E-state index contributed by atoms with van der Waals surface area (Å²) in [5.74, 6) is 0.924. The Bertz CT molecular complexity index is 388. The van der Waals surface area contributed by atoms with Crippen molar-refractivity contribution in [3.8, 4) is 0 Å². The van der Waals surface area contributed by atoms with E-state index in [2.05, 4.69) is 27.4 Å². The van der Waals surface area contributed by atoms with E-state index in [1.165, 1.54) is 44.9 Å². The van der Waals surface area contributed by atoms with Gasteiger partial charge in [-0.25, -0.2) is 0 Å². The Labute approximate surface area is 183 Å². The average molecular weight is 496 g/mol. The summed E-state index contributed by atoms with van der Waals surface area (Å²) in [6, 6.07) is 0.767. The van der Waals surface area contributed by atoms with Crippen LogP contribution in [0.1, 0.15) is 58.3 Å². The van der Waals surface area contributed by atoms with Crippen LogP contribution in [-0.2, 0) is 9.47 Å². The summed E-state index contributed by atoms with van der Waals surface area (Å²) in [6.07, 6.45) is 10.7. The smallest absolute Gasteiger partial charge is 0.191 e. The number of nitrogens with one attached hydrogen (secondary N) is 2. The Hall–Kier alpha value is -0.120. The number of ether oxygens (including phenoxy) is 2. The zero-order valence-corrected chi connectivity index (χ0v) is 19.7. The van der Waals surface area contributed by atoms with Crippen LogP contribution >= 0.6 is 24.0 Å². The number of guanidine groups is 1. The lowest BCUT2D eigenvalue weighted by molar-refractivity contribution is 0.0281. The number of hydrogen-bond acceptors (Lipinski definition) is 4. The van der Waals surface area contributed by atoms with Crippen LogP contribution in [0.4, 0.5) is 0 Å². The van der Waals surface area contributed by atoms with Crippen molar-refractivity contribution in [2.45, 2.75) is 70.4 Å². The quantitative estimate of drug-likeness (QED) is 0.178. The first-order valence-electron chi connectivity index (χ1n) is 10.7. The van der Waals surface area contributed by atoms with Crippen molar-refractivity contribution in [3.05, 3.63) is 0 Å². The molecule has 0 bridgehead atoms. The molecule has 0 amide bonds. The molecule has 27 heavy (non-hydrogen) atoms. The molecular formula is C20H41IN4O2. The van der Waals surface area contributed by atoms with Crippen LogP contribution in [0.3, 0.4) is 0 Å². The Morgan fingerprint density at radius 1 is 1.04 bits per heavy atom. The summed E-state index contributed by atoms with van der Waals surface area (Å²) < 4.78 is 11.2. The maximum absolute atomic E-state index is 5.98. The predicted molar refractivity (Wildman–Crippen MR) is 123 cm³/mol. The van der Waals surface area contributed by atoms with Gasteiger partial charge in [0, 0.05) is 52.5 Å². The van der Waals surface area contributed by atoms with E-state index in [9.17, 15) is 0 Å². The monoisotopic (exact) mass is 496 g/mol. The van der Waals surface area contributed by atoms with Crippen molar-refractivity contribution in [3.63, 3.8) is 0 Å². The fourth-order valence-electron chi connectivity index (χ4n) is 3.52. The normalized spacial score (nSPS) is 18.4. The molecule has 2 saturated carbocycles. The highest BCUT2D eigenvalue weighted by Crippen LogP contribution is 2.26. The van der Waals surface area contributed by atoms with Crippen molar-refractivity contribution < 1.29 is 9.47 Å². The van der Waals surface area contributed by atoms with Crippen molar-refractivity contribution >= 4 is 29.9 Å². The summed E-state index contributed by atoms with van der Waals surface area (Å²) in [5.41, 5.74) is 0. The molecule has 7 heteroatoms. The molecule has 0 aromatic carbocycles. The number of halogens is 1. The highest BCUT2D eigenvalue weighted by atomic mass is 127. The van der Waals surface area contributed by atoms with E-state index in [4.69, 9.17) is 9.47 Å². The number of rotatable bonds is 13. The van der Waals surface area contributed by atoms with E-state index in [-0.39, 0.29) is 24.0 Å². The van der Waals surface area contributed by atoms with E-state index < -0.39 is 0 Å². The van der Waals surface area contributed by atoms with Crippen molar-refractivity contribution in [1.82, 2.24) is 15.5 Å². The summed E-state index contributed by atoms with van der Waals surface area (Å²) in [6.45, 7) is 8.45. The molecule has 0 heterocycles. The summed E-state index contributed by atoms with van der Waals surface area (Å²) in [7, 11) is 1.78. The molecule has 0 aliphatic heterocycles. The lowest BCUT2D eigenvalue weighted by Crippen LogP contribution is -2.42. The van der Waals surface area contributed by atoms with Gasteiger partial charge in [-0.05, 0) is 39.0 Å². The zero-order chi connectivity index (χ0) is 18.5. The minimum Gasteiger partial charge on any atom is -0.383 e. The molecule has 2 aliphatic rings. The number of hydrogen-bond donors (Lipinski definition) is 2. The molecular weight excluding hydrogens is 455 g/mol. The molecule has 0 aromatic heterocycles. The Balaban J connectivity index is 0.00000364. The summed E-state index contributed by atoms with van der Waals surface area (Å²) in [5, 5.41) is 6.81. The highest BCUT2D eigenvalue weighted by Gasteiger charge is 2.28. The van der Waals surface area contributed by atoms with Crippen LogP contribution in [0.5, 0.6) is 0 Å². The van der Waals surface area contributed by atoms with Crippen LogP contribution in [0.15, 0.2) is 4.99 Å². The molecule has 2 N–H and O–H groups in total. The van der Waals surface area contributed by atoms with Gasteiger partial charge in [0.15, 0.2) is 5.96 Å². The predicted octanol–water partition coefficient (Wildman–Crippen LogP) is 3.01. The van der Waals surface area contributed by atoms with Gasteiger partial charge in [-0.3, -0.25) is 9.89 Å². The fraction of sp³-hybridized carbons (Fsp3) is 0.950. The molecule has 160 valence electrons. The minimum absolute atomic E-state index is 0. The summed E-state index contributed by atoms with van der Waals surface area (Å²) >= 11 is 0. The second-order valence-electron chi connectivity index (χ2n) is 7.43. The molecule has 0 spiro atoms. The maximum Gasteiger partial charge on any atom is 0.191 e. The molecule has 0 atom stereocenters. The van der Waals surface area contributed by atoms with E-state index >= 15 is 0 Å². The van der Waals surface area contributed by atoms with E-state index in [1.54, 1.807) is 7.11 Å². The lowest BCUT2D eigenvalue weighted by Gasteiger charge is -2.22. The van der Waals surface area contributed by atoms with E-state index in [1.807, 2.05) is 0 Å². The van der Waals surface area contributed by atoms with Gasteiger partial charge in [0.1, 0.15) is 0 Å². The van der Waals surface area contributed by atoms with Crippen LogP contribution in [0.25, 0.3) is 0 Å². The standard InChI is InChI=1S/C20H40N4O2.HI/c1-3-21-20(22-12-7-16-26-19-8-5-4-6-9-19)23-13-14-24(15-17-25-2)18-10-11-18;/h18-19H,3-17H2,1-2H3,(H2,21,22,23);1H. The number of methoxy groups -OCH3 is 1. The van der Waals surface area contributed by atoms with Crippen molar-refractivity contribution in [2.24, 2.45) is 4.99 Å². The van der Waals surface area contributed by atoms with Crippen LogP contribution in [0, 0.1) is 0 Å². The second-order valence-corrected chi connectivity index (χ2v) is 7.43. The van der Waals surface area contributed by atoms with Crippen LogP contribution in [0.2, 0.25) is 0 Å². The van der Waals surface area contributed by atoms with Crippen molar-refractivity contribution in [1.29, 1.82) is 0 Å². The fourth-order valence-corrected chi connectivity index (χ4v) is 3.52. The molecule has 2 fully saturated rings. The average Bonchev–Trinajstić information content (AvgIpc) is 3.50. The molecule has 0 radical (unpaired) electrons. The van der Waals surface area contributed by atoms with Crippen molar-refractivity contribution in [2.75, 3.05) is 53.0 Å². The molecule has 2 rings (SSSR count). The molecule has 0 aromatic rings. The third-order valence-electron chi connectivity index (χ3n) is 5.16. The molecule has 2 aliphatic carbocycles. The van der Waals surface area contributed by atoms with Gasteiger partial charge in [0.2, 0.25) is 0 Å². The van der Waals surface area contributed by atoms with Gasteiger partial charge in [-0.2, -0.15) is 0 Å². The van der Waals surface area contributed by atoms with E-state index in [0.29, 0.717) is 6.10 Å². The third kappa shape index (κ3) is 11.5. The molecule has 6 nitrogen and oxygen atoms in total. The van der Waals surface area contributed by atoms with Gasteiger partial charge in [-0.15, -0.1) is 24.0 Å². The third-order valence-corrected chi connectivity index (χ3v) is 5.16. The van der Waals surface area contributed by atoms with Gasteiger partial charge in [-0.1, -0.05) is 19.3 Å². The SMILES string of the molecule is CCNC(=NCCCOC1CCCCC1)NCCN(CCOC)C1CC1.I. The number of aliphatic imine (C=N–C) groups is 1. The van der Waals surface area contributed by atoms with Crippen LogP contribution in [-0.4, -0.2) is 76.1 Å². The topological polar surface area (TPSA) is 58.1 Å². The highest BCUT2D eigenvalue weighted by molar-refractivity contribution is 14.0. The molecule has 0 unspecified atom stereocenters. The van der Waals surface area contributed by atoms with Gasteiger partial charge < -0.3 is 20.1 Å². The first kappa shape index (κ1) is 24.9. The van der Waals surface area contributed by atoms with Gasteiger partial charge in [0.25, 0.3) is 0 Å². The Kier molecular flexibility index (Phi) is 14.5. The van der Waals surface area contributed by atoms with Gasteiger partial charge >= 0.3 is 0 Å². The first-order valence-corrected chi connectivity index (χ1v) is 10.7. The minimum atomic E-state index is 0. The first-order chi connectivity index (χ1) is 12.8. The Morgan fingerprint density at radius 2 is 1.81 bits per heavy atom. The zero-order valence-electron chi connectivity index (χ0n) is 17.4. The Morgan fingerprint density at radius 3 is 2.48 bits per heavy atom. The van der Waals surface area contributed by atoms with Gasteiger partial charge in [0.05, 0.1) is 12.7 Å². The lowest BCUT2D eigenvalue weighted by atomic mass is 9.98. The number of nitrogens with zero attached hydrogens (tertiary/aromatic N) is 2. The maximum atomic E-state index is 5.98. The molecule has 0 saturated heterocycles. The summed E-state index contributed by atoms with van der Waals surface area (Å²) in [4.78, 5) is 7.21.